The van der Waals surface area contributed by atoms with E-state index in [0.29, 0.717) is 15.2 Å². The van der Waals surface area contributed by atoms with Crippen molar-refractivity contribution in [3.05, 3.63) is 34.4 Å². The molecule has 11 heteroatoms. The maximum Gasteiger partial charge on any atom is 0.269 e. The van der Waals surface area contributed by atoms with Crippen molar-refractivity contribution in [1.29, 1.82) is 0 Å². The van der Waals surface area contributed by atoms with Gasteiger partial charge in [0.05, 0.1) is 10.7 Å². The number of non-ortho nitro benzene ring substituents is 1. The van der Waals surface area contributed by atoms with Crippen LogP contribution < -0.4 is 9.80 Å². The molecule has 1 aromatic carbocycles. The van der Waals surface area contributed by atoms with E-state index in [0.717, 1.165) is 12.8 Å². The van der Waals surface area contributed by atoms with E-state index in [1.165, 1.54) is 59.2 Å². The lowest BCUT2D eigenvalue weighted by molar-refractivity contribution is -0.384. The molecule has 9 nitrogen and oxygen atoms in total. The molecule has 1 fully saturated rings. The molecule has 1 aliphatic rings. The first-order chi connectivity index (χ1) is 12.9. The van der Waals surface area contributed by atoms with Crippen LogP contribution in [-0.2, 0) is 9.59 Å². The third-order valence-electron chi connectivity index (χ3n) is 3.99. The van der Waals surface area contributed by atoms with Gasteiger partial charge in [-0.05, 0) is 25.0 Å². The topological polar surface area (TPSA) is 110 Å². The molecule has 0 atom stereocenters. The fraction of sp³-hybridized carbons (Fsp3) is 0.375. The first-order valence-electron chi connectivity index (χ1n) is 8.14. The van der Waals surface area contributed by atoms with Crippen LogP contribution in [0.3, 0.4) is 0 Å². The molecule has 0 aliphatic heterocycles. The van der Waals surface area contributed by atoms with Gasteiger partial charge in [0.15, 0.2) is 4.34 Å². The third-order valence-corrected chi connectivity index (χ3v) is 6.03. The summed E-state index contributed by atoms with van der Waals surface area (Å²) in [6.45, 7) is 1.51. The van der Waals surface area contributed by atoms with Gasteiger partial charge in [-0.2, -0.15) is 0 Å². The standard InChI is InChI=1S/C16H17N5O4S2/c1-10(22)20(12-5-6-12)15-17-18-16(27-15)26-9-14(23)19(2)11-3-7-13(8-4-11)21(24)25/h3-4,7-8,12H,5-6,9H2,1-2H3. The Hall–Kier alpha value is -2.53. The minimum absolute atomic E-state index is 0.0268. The van der Waals surface area contributed by atoms with Crippen molar-refractivity contribution in [3.8, 4) is 0 Å². The quantitative estimate of drug-likeness (QED) is 0.300. The van der Waals surface area contributed by atoms with E-state index in [-0.39, 0.29) is 29.3 Å². The number of thioether (sulfide) groups is 1. The van der Waals surface area contributed by atoms with E-state index >= 15 is 0 Å². The Labute approximate surface area is 163 Å². The van der Waals surface area contributed by atoms with Gasteiger partial charge in [-0.15, -0.1) is 10.2 Å². The Bertz CT molecular complexity index is 866. The number of rotatable bonds is 7. The molecular weight excluding hydrogens is 390 g/mol. The molecule has 1 aromatic heterocycles. The average molecular weight is 407 g/mol. The molecule has 0 radical (unpaired) electrons. The van der Waals surface area contributed by atoms with E-state index in [9.17, 15) is 19.7 Å². The SMILES string of the molecule is CC(=O)N(c1nnc(SCC(=O)N(C)c2ccc([N+](=O)[O-])cc2)s1)C1CC1. The molecule has 0 unspecified atom stereocenters. The van der Waals surface area contributed by atoms with E-state index < -0.39 is 4.92 Å². The number of carbonyl (C=O) groups excluding carboxylic acids is 2. The van der Waals surface area contributed by atoms with Crippen molar-refractivity contribution in [2.24, 2.45) is 0 Å². The molecule has 142 valence electrons. The number of nitro benzene ring substituents is 1. The molecule has 0 spiro atoms. The van der Waals surface area contributed by atoms with Gasteiger partial charge in [0, 0.05) is 37.8 Å². The van der Waals surface area contributed by atoms with Crippen LogP contribution in [0, 0.1) is 10.1 Å². The van der Waals surface area contributed by atoms with Gasteiger partial charge in [-0.25, -0.2) is 0 Å². The molecule has 0 N–H and O–H groups in total. The molecule has 2 aromatic rings. The zero-order chi connectivity index (χ0) is 19.6. The second-order valence-electron chi connectivity index (χ2n) is 5.99. The van der Waals surface area contributed by atoms with Crippen LogP contribution in [0.5, 0.6) is 0 Å². The largest absolute Gasteiger partial charge is 0.315 e. The maximum atomic E-state index is 12.4. The number of nitro groups is 1. The second-order valence-corrected chi connectivity index (χ2v) is 8.16. The summed E-state index contributed by atoms with van der Waals surface area (Å²) in [6, 6.07) is 5.99. The van der Waals surface area contributed by atoms with Crippen molar-refractivity contribution < 1.29 is 14.5 Å². The fourth-order valence-corrected chi connectivity index (χ4v) is 4.27. The van der Waals surface area contributed by atoms with E-state index in [2.05, 4.69) is 10.2 Å². The zero-order valence-electron chi connectivity index (χ0n) is 14.7. The lowest BCUT2D eigenvalue weighted by Gasteiger charge is -2.16. The van der Waals surface area contributed by atoms with Gasteiger partial charge in [-0.3, -0.25) is 24.6 Å². The number of anilines is 2. The Morgan fingerprint density at radius 3 is 2.52 bits per heavy atom. The van der Waals surface area contributed by atoms with E-state index in [1.54, 1.807) is 11.9 Å². The van der Waals surface area contributed by atoms with Crippen molar-refractivity contribution in [3.63, 3.8) is 0 Å². The summed E-state index contributed by atoms with van der Waals surface area (Å²) in [5.74, 6) is -0.0820. The lowest BCUT2D eigenvalue weighted by atomic mass is 10.2. The van der Waals surface area contributed by atoms with Gasteiger partial charge in [-0.1, -0.05) is 23.1 Å². The number of benzene rings is 1. The van der Waals surface area contributed by atoms with Gasteiger partial charge >= 0.3 is 0 Å². The normalized spacial score (nSPS) is 13.3. The van der Waals surface area contributed by atoms with Crippen molar-refractivity contribution in [2.75, 3.05) is 22.6 Å². The first kappa shape index (κ1) is 19.2. The van der Waals surface area contributed by atoms with Crippen LogP contribution in [0.15, 0.2) is 28.6 Å². The third kappa shape index (κ3) is 4.61. The van der Waals surface area contributed by atoms with Crippen molar-refractivity contribution in [1.82, 2.24) is 10.2 Å². The molecule has 27 heavy (non-hydrogen) atoms. The Morgan fingerprint density at radius 2 is 1.96 bits per heavy atom. The Balaban J connectivity index is 1.58. The minimum Gasteiger partial charge on any atom is -0.315 e. The fourth-order valence-electron chi connectivity index (χ4n) is 2.40. The number of aromatic nitrogens is 2. The molecule has 0 bridgehead atoms. The molecule has 2 amide bonds. The van der Waals surface area contributed by atoms with Crippen LogP contribution in [0.1, 0.15) is 19.8 Å². The molecule has 1 heterocycles. The molecular formula is C16H17N5O4S2. The van der Waals surface area contributed by atoms with Gasteiger partial charge < -0.3 is 4.90 Å². The van der Waals surface area contributed by atoms with Crippen LogP contribution >= 0.6 is 23.1 Å². The van der Waals surface area contributed by atoms with Crippen LogP contribution in [-0.4, -0.2) is 45.8 Å². The van der Waals surface area contributed by atoms with E-state index in [1.807, 2.05) is 0 Å². The first-order valence-corrected chi connectivity index (χ1v) is 9.94. The predicted molar refractivity (Wildman–Crippen MR) is 103 cm³/mol. The van der Waals surface area contributed by atoms with Crippen molar-refractivity contribution >= 4 is 51.4 Å². The summed E-state index contributed by atoms with van der Waals surface area (Å²) in [5.41, 5.74) is 0.543. The van der Waals surface area contributed by atoms with E-state index in [4.69, 9.17) is 0 Å². The molecule has 1 aliphatic carbocycles. The number of nitrogens with zero attached hydrogens (tertiary/aromatic N) is 5. The smallest absolute Gasteiger partial charge is 0.269 e. The summed E-state index contributed by atoms with van der Waals surface area (Å²) in [5, 5.41) is 19.4. The lowest BCUT2D eigenvalue weighted by Crippen LogP contribution is -2.30. The summed E-state index contributed by atoms with van der Waals surface area (Å²) in [7, 11) is 1.61. The van der Waals surface area contributed by atoms with Crippen molar-refractivity contribution in [2.45, 2.75) is 30.1 Å². The number of carbonyl (C=O) groups is 2. The number of hydrogen-bond donors (Lipinski definition) is 0. The van der Waals surface area contributed by atoms with Gasteiger partial charge in [0.25, 0.3) is 5.69 Å². The second kappa shape index (κ2) is 8.01. The van der Waals surface area contributed by atoms with Gasteiger partial charge in [0.2, 0.25) is 16.9 Å². The highest BCUT2D eigenvalue weighted by molar-refractivity contribution is 8.01. The van der Waals surface area contributed by atoms with Crippen LogP contribution in [0.4, 0.5) is 16.5 Å². The molecule has 1 saturated carbocycles. The Kier molecular flexibility index (Phi) is 5.71. The summed E-state index contributed by atoms with van der Waals surface area (Å²) >= 11 is 2.54. The summed E-state index contributed by atoms with van der Waals surface area (Å²) in [6.07, 6.45) is 1.94. The average Bonchev–Trinajstić information content (AvgIpc) is 3.36. The summed E-state index contributed by atoms with van der Waals surface area (Å²) in [4.78, 5) is 37.4. The predicted octanol–water partition coefficient (Wildman–Crippen LogP) is 2.72. The zero-order valence-corrected chi connectivity index (χ0v) is 16.3. The highest BCUT2D eigenvalue weighted by atomic mass is 32.2. The highest BCUT2D eigenvalue weighted by Crippen LogP contribution is 2.35. The number of hydrogen-bond acceptors (Lipinski definition) is 8. The monoisotopic (exact) mass is 407 g/mol. The number of amides is 2. The minimum atomic E-state index is -0.486. The molecule has 3 rings (SSSR count). The van der Waals surface area contributed by atoms with Crippen LogP contribution in [0.25, 0.3) is 0 Å². The van der Waals surface area contributed by atoms with Gasteiger partial charge in [0.1, 0.15) is 0 Å². The Morgan fingerprint density at radius 1 is 1.30 bits per heavy atom. The highest BCUT2D eigenvalue weighted by Gasteiger charge is 2.34. The van der Waals surface area contributed by atoms with Crippen LogP contribution in [0.2, 0.25) is 0 Å². The maximum absolute atomic E-state index is 12.4. The summed E-state index contributed by atoms with van der Waals surface area (Å²) < 4.78 is 0.613. The molecule has 0 saturated heterocycles.